The molecule has 0 saturated carbocycles. The third kappa shape index (κ3) is 11.6. The number of rotatable bonds is 15. The van der Waals surface area contributed by atoms with Crippen LogP contribution in [0.25, 0.3) is 0 Å². The summed E-state index contributed by atoms with van der Waals surface area (Å²) in [5, 5.41) is 6.48. The fourth-order valence-electron chi connectivity index (χ4n) is 7.25. The van der Waals surface area contributed by atoms with Crippen LogP contribution in [-0.2, 0) is 13.1 Å². The number of carbonyl (C=O) groups excluding carboxylic acids is 2. The van der Waals surface area contributed by atoms with Gasteiger partial charge in [0.25, 0.3) is 5.91 Å². The SMILES string of the molecule is CN(C)CCCOc1ccc(CN2CCN(C(=O)NC3CCN(Cc4ccc(C(=O)NCC(c5ccccc5)c5ccccc5)cc4)CC3)CC2)cc1. The van der Waals surface area contributed by atoms with Crippen LogP contribution in [0.4, 0.5) is 4.79 Å². The number of piperidine rings is 1. The van der Waals surface area contributed by atoms with Crippen molar-refractivity contribution in [1.29, 1.82) is 0 Å². The normalized spacial score (nSPS) is 15.8. The zero-order valence-corrected chi connectivity index (χ0v) is 31.5. The van der Waals surface area contributed by atoms with Gasteiger partial charge in [-0.15, -0.1) is 0 Å². The Balaban J connectivity index is 0.874. The van der Waals surface area contributed by atoms with E-state index in [1.807, 2.05) is 53.4 Å². The summed E-state index contributed by atoms with van der Waals surface area (Å²) < 4.78 is 5.87. The molecule has 4 aromatic carbocycles. The van der Waals surface area contributed by atoms with Crippen molar-refractivity contribution in [3.8, 4) is 5.75 Å². The molecule has 0 aliphatic carbocycles. The first-order chi connectivity index (χ1) is 25.9. The van der Waals surface area contributed by atoms with Crippen molar-refractivity contribution in [1.82, 2.24) is 30.2 Å². The summed E-state index contributed by atoms with van der Waals surface area (Å²) in [7, 11) is 4.16. The molecule has 0 bridgehead atoms. The second-order valence-corrected chi connectivity index (χ2v) is 14.7. The van der Waals surface area contributed by atoms with Gasteiger partial charge >= 0.3 is 6.03 Å². The Labute approximate surface area is 315 Å². The summed E-state index contributed by atoms with van der Waals surface area (Å²) in [6.45, 7) is 9.09. The Morgan fingerprint density at radius 1 is 0.717 bits per heavy atom. The van der Waals surface area contributed by atoms with Gasteiger partial charge in [0.2, 0.25) is 0 Å². The number of benzene rings is 4. The van der Waals surface area contributed by atoms with Gasteiger partial charge in [-0.05, 0) is 79.9 Å². The molecule has 2 fully saturated rings. The zero-order valence-electron chi connectivity index (χ0n) is 31.5. The van der Waals surface area contributed by atoms with Gasteiger partial charge in [-0.3, -0.25) is 14.6 Å². The molecule has 0 aromatic heterocycles. The van der Waals surface area contributed by atoms with E-state index in [-0.39, 0.29) is 23.9 Å². The van der Waals surface area contributed by atoms with Gasteiger partial charge in [0, 0.05) is 83.0 Å². The smallest absolute Gasteiger partial charge is 0.317 e. The lowest BCUT2D eigenvalue weighted by molar-refractivity contribution is 0.0952. The molecule has 2 aliphatic heterocycles. The summed E-state index contributed by atoms with van der Waals surface area (Å²) in [4.78, 5) is 35.3. The van der Waals surface area contributed by atoms with Crippen molar-refractivity contribution >= 4 is 11.9 Å². The Morgan fingerprint density at radius 3 is 1.83 bits per heavy atom. The maximum absolute atomic E-state index is 13.1. The summed E-state index contributed by atoms with van der Waals surface area (Å²) in [6, 6.07) is 37.3. The largest absolute Gasteiger partial charge is 0.494 e. The summed E-state index contributed by atoms with van der Waals surface area (Å²) >= 11 is 0. The highest BCUT2D eigenvalue weighted by atomic mass is 16.5. The molecule has 4 aromatic rings. The van der Waals surface area contributed by atoms with Crippen LogP contribution in [0.2, 0.25) is 0 Å². The van der Waals surface area contributed by atoms with E-state index in [1.54, 1.807) is 0 Å². The van der Waals surface area contributed by atoms with Crippen molar-refractivity contribution in [2.45, 2.75) is 44.3 Å². The number of piperazine rings is 1. The molecule has 0 spiro atoms. The molecule has 0 atom stereocenters. The van der Waals surface area contributed by atoms with E-state index < -0.39 is 0 Å². The predicted molar refractivity (Wildman–Crippen MR) is 212 cm³/mol. The molecule has 53 heavy (non-hydrogen) atoms. The van der Waals surface area contributed by atoms with Crippen molar-refractivity contribution in [2.75, 3.05) is 73.1 Å². The molecule has 3 amide bonds. The third-order valence-corrected chi connectivity index (χ3v) is 10.4. The minimum Gasteiger partial charge on any atom is -0.494 e. The van der Waals surface area contributed by atoms with Crippen LogP contribution in [0.3, 0.4) is 0 Å². The number of hydrogen-bond donors (Lipinski definition) is 2. The first-order valence-corrected chi connectivity index (χ1v) is 19.2. The molecule has 9 heteroatoms. The lowest BCUT2D eigenvalue weighted by atomic mass is 9.91. The molecule has 2 saturated heterocycles. The molecular weight excluding hydrogens is 661 g/mol. The molecule has 2 aliphatic rings. The lowest BCUT2D eigenvalue weighted by Crippen LogP contribution is -2.54. The third-order valence-electron chi connectivity index (χ3n) is 10.4. The number of amides is 3. The molecule has 280 valence electrons. The van der Waals surface area contributed by atoms with Crippen molar-refractivity contribution < 1.29 is 14.3 Å². The van der Waals surface area contributed by atoms with E-state index in [1.165, 1.54) is 22.3 Å². The first kappa shape index (κ1) is 38.0. The van der Waals surface area contributed by atoms with E-state index in [2.05, 4.69) is 100 Å². The Hall–Kier alpha value is -4.70. The summed E-state index contributed by atoms with van der Waals surface area (Å²) in [6.07, 6.45) is 2.88. The minimum absolute atomic E-state index is 0.0614. The van der Waals surface area contributed by atoms with Gasteiger partial charge in [0.1, 0.15) is 5.75 Å². The highest BCUT2D eigenvalue weighted by molar-refractivity contribution is 5.94. The highest BCUT2D eigenvalue weighted by Gasteiger charge is 2.26. The molecular formula is C44H56N6O3. The van der Waals surface area contributed by atoms with Gasteiger partial charge in [0.05, 0.1) is 6.61 Å². The van der Waals surface area contributed by atoms with Crippen LogP contribution in [-0.4, -0.2) is 111 Å². The summed E-state index contributed by atoms with van der Waals surface area (Å²) in [5.41, 5.74) is 5.49. The fourth-order valence-corrected chi connectivity index (χ4v) is 7.25. The van der Waals surface area contributed by atoms with Crippen LogP contribution in [0.15, 0.2) is 109 Å². The first-order valence-electron chi connectivity index (χ1n) is 19.2. The Bertz CT molecular complexity index is 1650. The maximum Gasteiger partial charge on any atom is 0.317 e. The highest BCUT2D eigenvalue weighted by Crippen LogP contribution is 2.24. The van der Waals surface area contributed by atoms with Crippen molar-refractivity contribution in [2.24, 2.45) is 0 Å². The van der Waals surface area contributed by atoms with E-state index in [0.717, 1.165) is 90.5 Å². The number of urea groups is 1. The minimum atomic E-state index is -0.0614. The lowest BCUT2D eigenvalue weighted by Gasteiger charge is -2.37. The number of nitrogens with zero attached hydrogens (tertiary/aromatic N) is 4. The van der Waals surface area contributed by atoms with Crippen molar-refractivity contribution in [3.05, 3.63) is 137 Å². The molecule has 0 unspecified atom stereocenters. The second kappa shape index (κ2) is 19.4. The molecule has 6 rings (SSSR count). The topological polar surface area (TPSA) is 80.4 Å². The van der Waals surface area contributed by atoms with E-state index >= 15 is 0 Å². The van der Waals surface area contributed by atoms with Crippen LogP contribution in [0.5, 0.6) is 5.75 Å². The zero-order chi connectivity index (χ0) is 36.8. The van der Waals surface area contributed by atoms with E-state index in [9.17, 15) is 9.59 Å². The standard InChI is InChI=1S/C44H56N6O3/c1-47(2)24-9-31-53-41-20-16-36(17-21-41)34-49-27-29-50(30-28-49)44(52)46-40-22-25-48(26-23-40)33-35-14-18-39(19-15-35)43(51)45-32-42(37-10-5-3-6-11-37)38-12-7-4-8-13-38/h3-8,10-21,40,42H,9,22-34H2,1-2H3,(H,45,51)(H,46,52). The van der Waals surface area contributed by atoms with Gasteiger partial charge in [0.15, 0.2) is 0 Å². The fraction of sp³-hybridized carbons (Fsp3) is 0.409. The number of nitrogens with one attached hydrogen (secondary N) is 2. The van der Waals surface area contributed by atoms with Crippen LogP contribution >= 0.6 is 0 Å². The van der Waals surface area contributed by atoms with E-state index in [4.69, 9.17) is 4.74 Å². The molecule has 9 nitrogen and oxygen atoms in total. The average molecular weight is 717 g/mol. The molecule has 2 heterocycles. The number of ether oxygens (including phenoxy) is 1. The Kier molecular flexibility index (Phi) is 13.9. The molecule has 2 N–H and O–H groups in total. The van der Waals surface area contributed by atoms with Gasteiger partial charge in [-0.25, -0.2) is 4.79 Å². The summed E-state index contributed by atoms with van der Waals surface area (Å²) in [5.74, 6) is 0.943. The monoisotopic (exact) mass is 716 g/mol. The quantitative estimate of drug-likeness (QED) is 0.146. The van der Waals surface area contributed by atoms with E-state index in [0.29, 0.717) is 12.1 Å². The van der Waals surface area contributed by atoms with Crippen molar-refractivity contribution in [3.63, 3.8) is 0 Å². The van der Waals surface area contributed by atoms with Gasteiger partial charge < -0.3 is 25.2 Å². The maximum atomic E-state index is 13.1. The van der Waals surface area contributed by atoms with Crippen LogP contribution in [0, 0.1) is 0 Å². The van der Waals surface area contributed by atoms with Gasteiger partial charge in [-0.2, -0.15) is 0 Å². The van der Waals surface area contributed by atoms with Crippen LogP contribution < -0.4 is 15.4 Å². The number of likely N-dealkylation sites (tertiary alicyclic amines) is 1. The second-order valence-electron chi connectivity index (χ2n) is 14.7. The Morgan fingerprint density at radius 2 is 1.26 bits per heavy atom. The number of hydrogen-bond acceptors (Lipinski definition) is 6. The predicted octanol–water partition coefficient (Wildman–Crippen LogP) is 6.07. The average Bonchev–Trinajstić information content (AvgIpc) is 3.19. The van der Waals surface area contributed by atoms with Crippen LogP contribution in [0.1, 0.15) is 57.8 Å². The van der Waals surface area contributed by atoms with Gasteiger partial charge in [-0.1, -0.05) is 84.9 Å². The number of carbonyl (C=O) groups is 2. The molecule has 0 radical (unpaired) electrons.